The van der Waals surface area contributed by atoms with E-state index in [1.54, 1.807) is 19.9 Å². The number of rotatable bonds is 10. The molecule has 7 heteroatoms. The summed E-state index contributed by atoms with van der Waals surface area (Å²) in [5.41, 5.74) is 2.61. The highest BCUT2D eigenvalue weighted by atomic mass is 32.2. The summed E-state index contributed by atoms with van der Waals surface area (Å²) in [5.74, 6) is -0.0128. The minimum absolute atomic E-state index is 0.0576. The van der Waals surface area contributed by atoms with E-state index in [2.05, 4.69) is 34.3 Å². The molecular formula is C26H30N2O4S. The van der Waals surface area contributed by atoms with Gasteiger partial charge >= 0.3 is 0 Å². The summed E-state index contributed by atoms with van der Waals surface area (Å²) in [6.07, 6.45) is 0.704. The molecule has 0 aromatic heterocycles. The maximum absolute atomic E-state index is 12.8. The van der Waals surface area contributed by atoms with Crippen molar-refractivity contribution in [3.8, 4) is 5.75 Å². The second-order valence-corrected chi connectivity index (χ2v) is 9.74. The molecule has 0 aliphatic rings. The van der Waals surface area contributed by atoms with Crippen molar-refractivity contribution in [3.63, 3.8) is 0 Å². The Balaban J connectivity index is 1.75. The Bertz CT molecular complexity index is 1120. The number of carbonyl (C=O) groups is 1. The van der Waals surface area contributed by atoms with Gasteiger partial charge in [0.05, 0.1) is 7.11 Å². The van der Waals surface area contributed by atoms with E-state index < -0.39 is 10.0 Å². The van der Waals surface area contributed by atoms with Gasteiger partial charge in [0.25, 0.3) is 5.91 Å². The maximum Gasteiger partial charge on any atom is 0.251 e. The number of carbonyl (C=O) groups excluding carboxylic acids is 1. The highest BCUT2D eigenvalue weighted by Crippen LogP contribution is 2.28. The van der Waals surface area contributed by atoms with Crippen molar-refractivity contribution in [3.05, 3.63) is 95.6 Å². The van der Waals surface area contributed by atoms with Gasteiger partial charge in [-0.15, -0.1) is 0 Å². The molecule has 0 aliphatic heterocycles. The number of hydrogen-bond donors (Lipinski definition) is 2. The molecule has 1 amide bonds. The van der Waals surface area contributed by atoms with Gasteiger partial charge in [-0.05, 0) is 49.6 Å². The third-order valence-corrected chi connectivity index (χ3v) is 6.91. The number of amides is 1. The molecule has 0 bridgehead atoms. The maximum atomic E-state index is 12.8. The number of ether oxygens (including phenoxy) is 1. The molecule has 2 N–H and O–H groups in total. The third-order valence-electron chi connectivity index (χ3n) is 5.23. The third kappa shape index (κ3) is 6.43. The van der Waals surface area contributed by atoms with Crippen molar-refractivity contribution in [1.82, 2.24) is 10.0 Å². The predicted octanol–water partition coefficient (Wildman–Crippen LogP) is 4.33. The van der Waals surface area contributed by atoms with Gasteiger partial charge in [-0.25, -0.2) is 13.1 Å². The van der Waals surface area contributed by atoms with E-state index in [1.165, 1.54) is 30.4 Å². The minimum atomic E-state index is -3.82. The van der Waals surface area contributed by atoms with E-state index >= 15 is 0 Å². The Hall–Kier alpha value is -3.16. The van der Waals surface area contributed by atoms with Gasteiger partial charge in [-0.3, -0.25) is 4.79 Å². The van der Waals surface area contributed by atoms with Crippen LogP contribution in [0.25, 0.3) is 0 Å². The van der Waals surface area contributed by atoms with Crippen LogP contribution >= 0.6 is 0 Å². The van der Waals surface area contributed by atoms with E-state index in [0.717, 1.165) is 0 Å². The Morgan fingerprint density at radius 2 is 1.48 bits per heavy atom. The second-order valence-electron chi connectivity index (χ2n) is 8.06. The molecule has 0 saturated heterocycles. The molecule has 0 aliphatic carbocycles. The SMILES string of the molecule is COc1ccc(C(=O)NCCC(c2ccccc2)c2ccccc2)cc1S(=O)(=O)NC(C)C. The first-order valence-electron chi connectivity index (χ1n) is 10.9. The number of hydrogen-bond acceptors (Lipinski definition) is 4. The molecule has 33 heavy (non-hydrogen) atoms. The lowest BCUT2D eigenvalue weighted by molar-refractivity contribution is 0.0952. The summed E-state index contributed by atoms with van der Waals surface area (Å²) < 4.78 is 33.1. The highest BCUT2D eigenvalue weighted by molar-refractivity contribution is 7.89. The van der Waals surface area contributed by atoms with E-state index in [-0.39, 0.29) is 34.1 Å². The van der Waals surface area contributed by atoms with Crippen LogP contribution in [0.2, 0.25) is 0 Å². The Kier molecular flexibility index (Phi) is 8.25. The lowest BCUT2D eigenvalue weighted by Gasteiger charge is -2.19. The summed E-state index contributed by atoms with van der Waals surface area (Å²) in [6.45, 7) is 3.90. The number of methoxy groups -OCH3 is 1. The van der Waals surface area contributed by atoms with Gasteiger partial charge < -0.3 is 10.1 Å². The van der Waals surface area contributed by atoms with Crippen molar-refractivity contribution in [2.45, 2.75) is 37.1 Å². The quantitative estimate of drug-likeness (QED) is 0.466. The second kappa shape index (κ2) is 11.1. The molecule has 0 fully saturated rings. The summed E-state index contributed by atoms with van der Waals surface area (Å²) in [5, 5.41) is 2.93. The molecule has 0 saturated carbocycles. The minimum Gasteiger partial charge on any atom is -0.495 e. The first-order valence-corrected chi connectivity index (χ1v) is 12.4. The zero-order chi connectivity index (χ0) is 23.8. The fourth-order valence-electron chi connectivity index (χ4n) is 3.73. The monoisotopic (exact) mass is 466 g/mol. The average Bonchev–Trinajstić information content (AvgIpc) is 2.81. The molecular weight excluding hydrogens is 436 g/mol. The van der Waals surface area contributed by atoms with Crippen LogP contribution in [0, 0.1) is 0 Å². The van der Waals surface area contributed by atoms with Crippen LogP contribution in [0.15, 0.2) is 83.8 Å². The molecule has 0 atom stereocenters. The van der Waals surface area contributed by atoms with Gasteiger partial charge in [0.1, 0.15) is 10.6 Å². The van der Waals surface area contributed by atoms with Crippen LogP contribution in [0.5, 0.6) is 5.75 Å². The van der Waals surface area contributed by atoms with Crippen LogP contribution in [-0.2, 0) is 10.0 Å². The fourth-order valence-corrected chi connectivity index (χ4v) is 5.18. The molecule has 0 heterocycles. The largest absolute Gasteiger partial charge is 0.495 e. The van der Waals surface area contributed by atoms with Crippen molar-refractivity contribution >= 4 is 15.9 Å². The van der Waals surface area contributed by atoms with E-state index in [4.69, 9.17) is 4.74 Å². The van der Waals surface area contributed by atoms with Crippen LogP contribution in [0.3, 0.4) is 0 Å². The lowest BCUT2D eigenvalue weighted by atomic mass is 9.88. The van der Waals surface area contributed by atoms with Gasteiger partial charge in [-0.2, -0.15) is 0 Å². The normalized spacial score (nSPS) is 11.5. The summed E-state index contributed by atoms with van der Waals surface area (Å²) >= 11 is 0. The standard InChI is InChI=1S/C26H30N2O4S/c1-19(2)28-33(30,31)25-18-22(14-15-24(25)32-3)26(29)27-17-16-23(20-10-6-4-7-11-20)21-12-8-5-9-13-21/h4-15,18-19,23,28H,16-17H2,1-3H3,(H,27,29). The average molecular weight is 467 g/mol. The van der Waals surface area contributed by atoms with Gasteiger partial charge in [0.15, 0.2) is 0 Å². The van der Waals surface area contributed by atoms with Gasteiger partial charge in [0, 0.05) is 24.1 Å². The molecule has 0 unspecified atom stereocenters. The van der Waals surface area contributed by atoms with Gasteiger partial charge in [0.2, 0.25) is 10.0 Å². The predicted molar refractivity (Wildman–Crippen MR) is 130 cm³/mol. The Labute approximate surface area is 196 Å². The molecule has 3 rings (SSSR count). The molecule has 0 radical (unpaired) electrons. The zero-order valence-electron chi connectivity index (χ0n) is 19.1. The number of nitrogens with one attached hydrogen (secondary N) is 2. The Morgan fingerprint density at radius 1 is 0.909 bits per heavy atom. The molecule has 3 aromatic rings. The van der Waals surface area contributed by atoms with Crippen LogP contribution in [0.1, 0.15) is 47.7 Å². The van der Waals surface area contributed by atoms with Crippen molar-refractivity contribution < 1.29 is 17.9 Å². The lowest BCUT2D eigenvalue weighted by Crippen LogP contribution is -2.31. The van der Waals surface area contributed by atoms with E-state index in [9.17, 15) is 13.2 Å². The smallest absolute Gasteiger partial charge is 0.251 e. The first-order chi connectivity index (χ1) is 15.8. The number of benzene rings is 3. The van der Waals surface area contributed by atoms with Crippen molar-refractivity contribution in [2.24, 2.45) is 0 Å². The van der Waals surface area contributed by atoms with Crippen LogP contribution in [0.4, 0.5) is 0 Å². The topological polar surface area (TPSA) is 84.5 Å². The zero-order valence-corrected chi connectivity index (χ0v) is 19.9. The molecule has 174 valence electrons. The number of sulfonamides is 1. The highest BCUT2D eigenvalue weighted by Gasteiger charge is 2.22. The fraction of sp³-hybridized carbons (Fsp3) is 0.269. The summed E-state index contributed by atoms with van der Waals surface area (Å²) in [6, 6.07) is 24.5. The van der Waals surface area contributed by atoms with Gasteiger partial charge in [-0.1, -0.05) is 60.7 Å². The Morgan fingerprint density at radius 3 is 2.00 bits per heavy atom. The molecule has 6 nitrogen and oxygen atoms in total. The summed E-state index contributed by atoms with van der Waals surface area (Å²) in [7, 11) is -2.42. The molecule has 0 spiro atoms. The van der Waals surface area contributed by atoms with Crippen LogP contribution in [-0.4, -0.2) is 34.0 Å². The first kappa shape index (κ1) is 24.5. The molecule has 3 aromatic carbocycles. The van der Waals surface area contributed by atoms with Crippen molar-refractivity contribution in [1.29, 1.82) is 0 Å². The van der Waals surface area contributed by atoms with E-state index in [0.29, 0.717) is 13.0 Å². The van der Waals surface area contributed by atoms with E-state index in [1.807, 2.05) is 36.4 Å². The van der Waals surface area contributed by atoms with Crippen molar-refractivity contribution in [2.75, 3.05) is 13.7 Å². The summed E-state index contributed by atoms with van der Waals surface area (Å²) in [4.78, 5) is 12.8. The van der Waals surface area contributed by atoms with Crippen LogP contribution < -0.4 is 14.8 Å².